The van der Waals surface area contributed by atoms with Gasteiger partial charge in [0.15, 0.2) is 0 Å². The van der Waals surface area contributed by atoms with E-state index in [2.05, 4.69) is 41.5 Å². The summed E-state index contributed by atoms with van der Waals surface area (Å²) in [7, 11) is 16.7. The Kier molecular flexibility index (Phi) is 11.7. The zero-order valence-electron chi connectivity index (χ0n) is 18.4. The standard InChI is InChI=1S/3C7H13BO/c3*1-3-6-5(2)4-7(8)9-6/h3*5-7H,3-4H2,1-2H3/t2*5-,6+,7+;5-,6+,7-/m101/s1. The Morgan fingerprint density at radius 1 is 0.556 bits per heavy atom. The van der Waals surface area contributed by atoms with Gasteiger partial charge in [0, 0.05) is 18.0 Å². The molecule has 0 aromatic heterocycles. The van der Waals surface area contributed by atoms with Crippen molar-refractivity contribution in [3.05, 3.63) is 0 Å². The average Bonchev–Trinajstić information content (AvgIpc) is 3.24. The van der Waals surface area contributed by atoms with Crippen molar-refractivity contribution < 1.29 is 14.2 Å². The molecule has 6 heteroatoms. The van der Waals surface area contributed by atoms with Crippen molar-refractivity contribution in [1.82, 2.24) is 0 Å². The normalized spacial score (nSPS) is 43.6. The number of hydrogen-bond donors (Lipinski definition) is 0. The van der Waals surface area contributed by atoms with Crippen LogP contribution in [0.2, 0.25) is 0 Å². The molecule has 3 nitrogen and oxygen atoms in total. The maximum atomic E-state index is 5.57. The highest BCUT2D eigenvalue weighted by Gasteiger charge is 2.28. The van der Waals surface area contributed by atoms with Crippen molar-refractivity contribution in [3.63, 3.8) is 0 Å². The summed E-state index contributed by atoms with van der Waals surface area (Å²) in [6.45, 7) is 13.0. The van der Waals surface area contributed by atoms with Gasteiger partial charge in [-0.3, -0.25) is 0 Å². The van der Waals surface area contributed by atoms with Gasteiger partial charge in [-0.25, -0.2) is 0 Å². The Labute approximate surface area is 172 Å². The number of hydrogen-bond acceptors (Lipinski definition) is 3. The van der Waals surface area contributed by atoms with Crippen molar-refractivity contribution in [3.8, 4) is 0 Å². The van der Waals surface area contributed by atoms with E-state index in [0.29, 0.717) is 36.1 Å². The van der Waals surface area contributed by atoms with Gasteiger partial charge in [-0.2, -0.15) is 0 Å². The Morgan fingerprint density at radius 2 is 0.778 bits per heavy atom. The van der Waals surface area contributed by atoms with Crippen LogP contribution in [-0.4, -0.2) is 59.9 Å². The Morgan fingerprint density at radius 3 is 0.852 bits per heavy atom. The van der Waals surface area contributed by atoms with Gasteiger partial charge in [-0.05, 0) is 56.3 Å². The van der Waals surface area contributed by atoms with Crippen LogP contribution in [0.4, 0.5) is 0 Å². The van der Waals surface area contributed by atoms with E-state index in [1.54, 1.807) is 0 Å². The Bertz CT molecular complexity index is 342. The minimum atomic E-state index is 0.00458. The minimum absolute atomic E-state index is 0.00458. The van der Waals surface area contributed by atoms with Crippen LogP contribution in [-0.2, 0) is 14.2 Å². The maximum Gasteiger partial charge on any atom is 0.109 e. The summed E-state index contributed by atoms with van der Waals surface area (Å²) in [5.41, 5.74) is 0. The van der Waals surface area contributed by atoms with Gasteiger partial charge >= 0.3 is 0 Å². The molecule has 3 fully saturated rings. The molecule has 0 bridgehead atoms. The molecule has 3 aliphatic heterocycles. The van der Waals surface area contributed by atoms with E-state index in [9.17, 15) is 0 Å². The highest BCUT2D eigenvalue weighted by Crippen LogP contribution is 2.27. The lowest BCUT2D eigenvalue weighted by Gasteiger charge is -2.10. The van der Waals surface area contributed by atoms with Gasteiger partial charge in [0.05, 0.1) is 18.3 Å². The topological polar surface area (TPSA) is 27.7 Å². The van der Waals surface area contributed by atoms with Crippen molar-refractivity contribution >= 4 is 23.5 Å². The summed E-state index contributed by atoms with van der Waals surface area (Å²) in [5, 5.41) is 0. The zero-order chi connectivity index (χ0) is 20.6. The third kappa shape index (κ3) is 8.54. The molecule has 0 aliphatic carbocycles. The molecule has 0 saturated carbocycles. The molecule has 9 atom stereocenters. The van der Waals surface area contributed by atoms with E-state index in [1.165, 1.54) is 0 Å². The van der Waals surface area contributed by atoms with Crippen LogP contribution in [0.3, 0.4) is 0 Å². The smallest absolute Gasteiger partial charge is 0.109 e. The molecule has 3 saturated heterocycles. The highest BCUT2D eigenvalue weighted by molar-refractivity contribution is 6.11. The first-order chi connectivity index (χ1) is 12.7. The maximum absolute atomic E-state index is 5.57. The monoisotopic (exact) mass is 372 g/mol. The van der Waals surface area contributed by atoms with Crippen LogP contribution >= 0.6 is 0 Å². The molecule has 0 N–H and O–H groups in total. The van der Waals surface area contributed by atoms with Gasteiger partial charge < -0.3 is 14.2 Å². The molecule has 0 aromatic carbocycles. The van der Waals surface area contributed by atoms with Gasteiger partial charge in [-0.15, -0.1) is 0 Å². The molecule has 3 rings (SSSR count). The SMILES string of the molecule is [B][C@@H]1C[C@@H](C)[C@H](CC)O1.[B][C@H]1C[C@@H](C)[C@H](CC)O1.[B][C@H]1C[C@H](C)[C@@H](CC)O1. The fraction of sp³-hybridized carbons (Fsp3) is 1.00. The third-order valence-electron chi connectivity index (χ3n) is 5.97. The molecular formula is C21H39B3O3. The predicted octanol–water partition coefficient (Wildman–Crippen LogP) is 3.95. The first-order valence-corrected chi connectivity index (χ1v) is 10.9. The summed E-state index contributed by atoms with van der Waals surface area (Å²) in [6, 6.07) is 0.0137. The van der Waals surface area contributed by atoms with Crippen molar-refractivity contribution in [1.29, 1.82) is 0 Å². The Hall–Kier alpha value is 0.0748. The lowest BCUT2D eigenvalue weighted by atomic mass is 9.91. The number of rotatable bonds is 3. The summed E-state index contributed by atoms with van der Waals surface area (Å²) in [6.07, 6.45) is 7.61. The van der Waals surface area contributed by atoms with Crippen molar-refractivity contribution in [2.24, 2.45) is 17.8 Å². The molecule has 0 aromatic rings. The van der Waals surface area contributed by atoms with Crippen LogP contribution in [0.5, 0.6) is 0 Å². The summed E-state index contributed by atoms with van der Waals surface area (Å²) < 4.78 is 16.2. The van der Waals surface area contributed by atoms with Crippen LogP contribution < -0.4 is 0 Å². The summed E-state index contributed by atoms with van der Waals surface area (Å²) in [5.74, 6) is 1.97. The molecule has 0 spiro atoms. The fourth-order valence-electron chi connectivity index (χ4n) is 4.29. The van der Waals surface area contributed by atoms with Gasteiger partial charge in [0.2, 0.25) is 0 Å². The van der Waals surface area contributed by atoms with E-state index in [-0.39, 0.29) is 18.0 Å². The molecule has 3 heterocycles. The largest absolute Gasteiger partial charge is 0.384 e. The number of ether oxygens (including phenoxy) is 3. The van der Waals surface area contributed by atoms with Crippen LogP contribution in [0, 0.1) is 17.8 Å². The molecule has 6 radical (unpaired) electrons. The van der Waals surface area contributed by atoms with Crippen LogP contribution in [0.25, 0.3) is 0 Å². The van der Waals surface area contributed by atoms with E-state index in [1.807, 2.05) is 0 Å². The van der Waals surface area contributed by atoms with E-state index in [0.717, 1.165) is 38.5 Å². The second-order valence-corrected chi connectivity index (χ2v) is 8.50. The molecule has 0 amide bonds. The summed E-state index contributed by atoms with van der Waals surface area (Å²) >= 11 is 0. The molecule has 27 heavy (non-hydrogen) atoms. The molecule has 0 unspecified atom stereocenters. The second kappa shape index (κ2) is 12.6. The van der Waals surface area contributed by atoms with Crippen molar-refractivity contribution in [2.45, 2.75) is 116 Å². The van der Waals surface area contributed by atoms with E-state index in [4.69, 9.17) is 37.7 Å². The Balaban J connectivity index is 0.000000202. The lowest BCUT2D eigenvalue weighted by molar-refractivity contribution is 0.0717. The van der Waals surface area contributed by atoms with Gasteiger partial charge in [-0.1, -0.05) is 41.5 Å². The first-order valence-electron chi connectivity index (χ1n) is 10.9. The first kappa shape index (κ1) is 25.1. The van der Waals surface area contributed by atoms with Gasteiger partial charge in [0.1, 0.15) is 23.5 Å². The van der Waals surface area contributed by atoms with E-state index >= 15 is 0 Å². The molecular weight excluding hydrogens is 333 g/mol. The molecule has 3 aliphatic rings. The lowest BCUT2D eigenvalue weighted by Crippen LogP contribution is -2.12. The quantitative estimate of drug-likeness (QED) is 0.703. The van der Waals surface area contributed by atoms with Gasteiger partial charge in [0.25, 0.3) is 0 Å². The zero-order valence-corrected chi connectivity index (χ0v) is 18.4. The average molecular weight is 372 g/mol. The van der Waals surface area contributed by atoms with Crippen molar-refractivity contribution in [2.75, 3.05) is 0 Å². The van der Waals surface area contributed by atoms with Crippen LogP contribution in [0.15, 0.2) is 0 Å². The molecule has 150 valence electrons. The predicted molar refractivity (Wildman–Crippen MR) is 115 cm³/mol. The minimum Gasteiger partial charge on any atom is -0.384 e. The summed E-state index contributed by atoms with van der Waals surface area (Å²) in [4.78, 5) is 0. The highest BCUT2D eigenvalue weighted by atomic mass is 16.5. The second-order valence-electron chi connectivity index (χ2n) is 8.50. The fourth-order valence-corrected chi connectivity index (χ4v) is 4.29. The van der Waals surface area contributed by atoms with E-state index < -0.39 is 0 Å². The van der Waals surface area contributed by atoms with Crippen LogP contribution in [0.1, 0.15) is 80.1 Å². The third-order valence-corrected chi connectivity index (χ3v) is 5.97.